The molecule has 2 N–H and O–H groups in total. The number of rotatable bonds is 4. The lowest BCUT2D eigenvalue weighted by atomic mass is 9.91. The summed E-state index contributed by atoms with van der Waals surface area (Å²) in [7, 11) is 0. The van der Waals surface area contributed by atoms with Crippen molar-refractivity contribution in [3.05, 3.63) is 58.7 Å². The van der Waals surface area contributed by atoms with Gasteiger partial charge in [0.2, 0.25) is 0 Å². The normalized spacial score (nSPS) is 20.8. The van der Waals surface area contributed by atoms with Gasteiger partial charge < -0.3 is 10.2 Å². The molecule has 0 aliphatic heterocycles. The van der Waals surface area contributed by atoms with Gasteiger partial charge in [-0.2, -0.15) is 0 Å². The van der Waals surface area contributed by atoms with Crippen molar-refractivity contribution in [3.63, 3.8) is 0 Å². The number of phenols is 2. The number of benzene rings is 2. The predicted molar refractivity (Wildman–Crippen MR) is 107 cm³/mol. The van der Waals surface area contributed by atoms with Crippen LogP contribution >= 0.6 is 0 Å². The second-order valence-electron chi connectivity index (χ2n) is 7.16. The van der Waals surface area contributed by atoms with Gasteiger partial charge >= 0.3 is 0 Å². The van der Waals surface area contributed by atoms with Gasteiger partial charge in [0.05, 0.1) is 12.1 Å². The van der Waals surface area contributed by atoms with Crippen molar-refractivity contribution in [2.45, 2.75) is 51.6 Å². The van der Waals surface area contributed by atoms with Crippen LogP contribution in [-0.4, -0.2) is 34.7 Å². The van der Waals surface area contributed by atoms with Gasteiger partial charge in [0.15, 0.2) is 0 Å². The van der Waals surface area contributed by atoms with Crippen LogP contribution in [0.3, 0.4) is 0 Å². The molecule has 1 saturated carbocycles. The summed E-state index contributed by atoms with van der Waals surface area (Å²) in [5.74, 6) is 0.527. The zero-order valence-electron chi connectivity index (χ0n) is 15.4. The highest BCUT2D eigenvalue weighted by atomic mass is 16.3. The van der Waals surface area contributed by atoms with Crippen molar-refractivity contribution in [1.82, 2.24) is 0 Å². The molecule has 0 saturated heterocycles. The van der Waals surface area contributed by atoms with E-state index in [4.69, 9.17) is 0 Å². The summed E-state index contributed by atoms with van der Waals surface area (Å²) in [4.78, 5) is 9.37. The quantitative estimate of drug-likeness (QED) is 0.794. The second kappa shape index (κ2) is 8.17. The Hall–Kier alpha value is -2.62. The highest BCUT2D eigenvalue weighted by molar-refractivity contribution is 5.84. The smallest absolute Gasteiger partial charge is 0.124 e. The van der Waals surface area contributed by atoms with Crippen LogP contribution in [0.5, 0.6) is 11.5 Å². The number of aliphatic imine (C=N–C) groups is 2. The third kappa shape index (κ3) is 4.72. The molecule has 0 amide bonds. The first-order valence-electron chi connectivity index (χ1n) is 9.17. The van der Waals surface area contributed by atoms with Crippen LogP contribution in [0.1, 0.15) is 47.9 Å². The van der Waals surface area contributed by atoms with Crippen molar-refractivity contribution in [2.75, 3.05) is 0 Å². The molecule has 0 aromatic heterocycles. The van der Waals surface area contributed by atoms with Gasteiger partial charge in [0.1, 0.15) is 11.5 Å². The maximum absolute atomic E-state index is 9.94. The number of aromatic hydroxyl groups is 2. The molecule has 136 valence electrons. The zero-order valence-corrected chi connectivity index (χ0v) is 15.4. The van der Waals surface area contributed by atoms with Gasteiger partial charge in [-0.3, -0.25) is 9.98 Å². The Kier molecular flexibility index (Phi) is 5.71. The fourth-order valence-electron chi connectivity index (χ4n) is 3.34. The van der Waals surface area contributed by atoms with Crippen LogP contribution in [-0.2, 0) is 0 Å². The number of phenolic OH excluding ortho intramolecular Hbond substituents is 2. The summed E-state index contributed by atoms with van der Waals surface area (Å²) in [6, 6.07) is 11.5. The Morgan fingerprint density at radius 2 is 1.27 bits per heavy atom. The van der Waals surface area contributed by atoms with E-state index >= 15 is 0 Å². The van der Waals surface area contributed by atoms with E-state index in [1.54, 1.807) is 24.6 Å². The Morgan fingerprint density at radius 3 is 1.73 bits per heavy atom. The Balaban J connectivity index is 1.65. The van der Waals surface area contributed by atoms with E-state index in [2.05, 4.69) is 9.98 Å². The highest BCUT2D eigenvalue weighted by Crippen LogP contribution is 2.25. The fourth-order valence-corrected chi connectivity index (χ4v) is 3.34. The molecule has 1 aliphatic carbocycles. The molecular formula is C22H26N2O2. The molecule has 1 aliphatic rings. The van der Waals surface area contributed by atoms with E-state index in [1.165, 1.54) is 0 Å². The molecule has 0 radical (unpaired) electrons. The first kappa shape index (κ1) is 18.2. The van der Waals surface area contributed by atoms with Crippen LogP contribution < -0.4 is 0 Å². The van der Waals surface area contributed by atoms with Crippen LogP contribution in [0.15, 0.2) is 46.4 Å². The van der Waals surface area contributed by atoms with Crippen molar-refractivity contribution >= 4 is 12.4 Å². The van der Waals surface area contributed by atoms with E-state index in [0.717, 1.165) is 47.9 Å². The summed E-state index contributed by atoms with van der Waals surface area (Å²) in [6.45, 7) is 4.01. The molecule has 2 unspecified atom stereocenters. The second-order valence-corrected chi connectivity index (χ2v) is 7.16. The number of hydrogen-bond donors (Lipinski definition) is 2. The summed E-state index contributed by atoms with van der Waals surface area (Å²) in [5.41, 5.74) is 3.74. The van der Waals surface area contributed by atoms with Gasteiger partial charge in [-0.15, -0.1) is 0 Å². The summed E-state index contributed by atoms with van der Waals surface area (Å²) >= 11 is 0. The summed E-state index contributed by atoms with van der Waals surface area (Å²) < 4.78 is 0. The molecule has 0 heterocycles. The van der Waals surface area contributed by atoms with E-state index in [-0.39, 0.29) is 23.6 Å². The molecule has 2 atom stereocenters. The topological polar surface area (TPSA) is 65.2 Å². The Morgan fingerprint density at radius 1 is 0.808 bits per heavy atom. The molecule has 0 bridgehead atoms. The van der Waals surface area contributed by atoms with Gasteiger partial charge in [0, 0.05) is 23.6 Å². The van der Waals surface area contributed by atoms with Crippen molar-refractivity contribution in [2.24, 2.45) is 9.98 Å². The Labute approximate surface area is 155 Å². The Bertz CT molecular complexity index is 759. The molecule has 2 aromatic rings. The average Bonchev–Trinajstić information content (AvgIpc) is 2.63. The van der Waals surface area contributed by atoms with E-state index in [0.29, 0.717) is 0 Å². The molecule has 4 heteroatoms. The van der Waals surface area contributed by atoms with Crippen molar-refractivity contribution < 1.29 is 10.2 Å². The lowest BCUT2D eigenvalue weighted by Crippen LogP contribution is -2.21. The summed E-state index contributed by atoms with van der Waals surface area (Å²) in [5, 5.41) is 19.9. The van der Waals surface area contributed by atoms with Gasteiger partial charge in [0.25, 0.3) is 0 Å². The monoisotopic (exact) mass is 350 g/mol. The van der Waals surface area contributed by atoms with Crippen LogP contribution in [0, 0.1) is 13.8 Å². The van der Waals surface area contributed by atoms with Crippen LogP contribution in [0.2, 0.25) is 0 Å². The number of nitrogens with zero attached hydrogens (tertiary/aromatic N) is 2. The third-order valence-corrected chi connectivity index (χ3v) is 4.83. The standard InChI is InChI=1S/C22H26N2O2/c1-15-6-8-21(25)17(10-15)13-23-19-4-3-5-20(12-19)24-14-18-11-16(2)7-9-22(18)26/h6-11,13-14,19-20,25-26H,3-5,12H2,1-2H3. The average molecular weight is 350 g/mol. The third-order valence-electron chi connectivity index (χ3n) is 4.83. The van der Waals surface area contributed by atoms with E-state index in [1.807, 2.05) is 38.1 Å². The first-order valence-corrected chi connectivity index (χ1v) is 9.17. The number of hydrogen-bond acceptors (Lipinski definition) is 4. The molecule has 3 rings (SSSR count). The van der Waals surface area contributed by atoms with Gasteiger partial charge in [-0.1, -0.05) is 23.3 Å². The maximum atomic E-state index is 9.94. The minimum atomic E-state index is 0.219. The SMILES string of the molecule is Cc1ccc(O)c(C=NC2CCCC(N=Cc3cc(C)ccc3O)C2)c1. The van der Waals surface area contributed by atoms with E-state index in [9.17, 15) is 10.2 Å². The molecule has 26 heavy (non-hydrogen) atoms. The minimum absolute atomic E-state index is 0.219. The van der Waals surface area contributed by atoms with Gasteiger partial charge in [-0.25, -0.2) is 0 Å². The maximum Gasteiger partial charge on any atom is 0.124 e. The zero-order chi connectivity index (χ0) is 18.5. The van der Waals surface area contributed by atoms with Crippen LogP contribution in [0.4, 0.5) is 0 Å². The van der Waals surface area contributed by atoms with Crippen LogP contribution in [0.25, 0.3) is 0 Å². The highest BCUT2D eigenvalue weighted by Gasteiger charge is 2.20. The molecule has 1 fully saturated rings. The largest absolute Gasteiger partial charge is 0.507 e. The van der Waals surface area contributed by atoms with Crippen molar-refractivity contribution in [3.8, 4) is 11.5 Å². The lowest BCUT2D eigenvalue weighted by molar-refractivity contribution is 0.397. The van der Waals surface area contributed by atoms with Gasteiger partial charge in [-0.05, 0) is 63.8 Å². The number of aryl methyl sites for hydroxylation is 2. The van der Waals surface area contributed by atoms with E-state index < -0.39 is 0 Å². The fraction of sp³-hybridized carbons (Fsp3) is 0.364. The minimum Gasteiger partial charge on any atom is -0.507 e. The molecule has 4 nitrogen and oxygen atoms in total. The molecule has 0 spiro atoms. The molecular weight excluding hydrogens is 324 g/mol. The predicted octanol–water partition coefficient (Wildman–Crippen LogP) is 4.56. The first-order chi connectivity index (χ1) is 12.5. The summed E-state index contributed by atoms with van der Waals surface area (Å²) in [6.07, 6.45) is 7.64. The molecule has 2 aromatic carbocycles. The van der Waals surface area contributed by atoms with Crippen molar-refractivity contribution in [1.29, 1.82) is 0 Å². The lowest BCUT2D eigenvalue weighted by Gasteiger charge is -2.24.